The van der Waals surface area contributed by atoms with Crippen LogP contribution >= 0.6 is 0 Å². The lowest BCUT2D eigenvalue weighted by Gasteiger charge is -2.10. The van der Waals surface area contributed by atoms with E-state index in [1.807, 2.05) is 0 Å². The highest BCUT2D eigenvalue weighted by Gasteiger charge is 2.22. The molecule has 0 unspecified atom stereocenters. The van der Waals surface area contributed by atoms with Crippen molar-refractivity contribution in [3.8, 4) is 5.75 Å². The first kappa shape index (κ1) is 16.0. The molecule has 2 aromatic rings. The molecule has 0 atom stereocenters. The predicted octanol–water partition coefficient (Wildman–Crippen LogP) is 2.34. The summed E-state index contributed by atoms with van der Waals surface area (Å²) < 4.78 is 4.46. The summed E-state index contributed by atoms with van der Waals surface area (Å²) in [6.45, 7) is 0. The zero-order chi connectivity index (χ0) is 17.0. The number of amides is 1. The third-order valence-corrected chi connectivity index (χ3v) is 2.99. The molecule has 2 N–H and O–H groups in total. The first-order chi connectivity index (χ1) is 10.9. The number of aromatic hydroxyl groups is 1. The molecule has 0 aliphatic heterocycles. The van der Waals surface area contributed by atoms with Crippen molar-refractivity contribution in [1.82, 2.24) is 0 Å². The van der Waals surface area contributed by atoms with E-state index in [0.29, 0.717) is 0 Å². The standard InChI is InChI=1S/C15H12N2O6/c1-23-15(20)11-7-10(17(21)22)8-12(13(11)18)16-14(19)9-5-3-2-4-6-9/h2-8,18H,1H3,(H,16,19). The second-order valence-corrected chi connectivity index (χ2v) is 4.46. The minimum absolute atomic E-state index is 0.256. The SMILES string of the molecule is COC(=O)c1cc([N+](=O)[O-])cc(NC(=O)c2ccccc2)c1O. The number of hydrogen-bond acceptors (Lipinski definition) is 6. The number of rotatable bonds is 4. The van der Waals surface area contributed by atoms with Crippen LogP contribution in [0.25, 0.3) is 0 Å². The van der Waals surface area contributed by atoms with Gasteiger partial charge in [-0.3, -0.25) is 14.9 Å². The maximum absolute atomic E-state index is 12.1. The number of nitro groups is 1. The first-order valence-electron chi connectivity index (χ1n) is 6.40. The quantitative estimate of drug-likeness (QED) is 0.387. The van der Waals surface area contributed by atoms with Gasteiger partial charge in [0.15, 0.2) is 5.75 Å². The average molecular weight is 316 g/mol. The number of non-ortho nitro benzene ring substituents is 1. The van der Waals surface area contributed by atoms with Gasteiger partial charge in [0, 0.05) is 17.7 Å². The summed E-state index contributed by atoms with van der Waals surface area (Å²) >= 11 is 0. The van der Waals surface area contributed by atoms with Gasteiger partial charge in [-0.15, -0.1) is 0 Å². The fourth-order valence-corrected chi connectivity index (χ4v) is 1.87. The summed E-state index contributed by atoms with van der Waals surface area (Å²) in [5, 5.41) is 23.3. The zero-order valence-electron chi connectivity index (χ0n) is 12.0. The van der Waals surface area contributed by atoms with Gasteiger partial charge in [0.1, 0.15) is 5.56 Å². The Kier molecular flexibility index (Phi) is 4.55. The maximum atomic E-state index is 12.1. The lowest BCUT2D eigenvalue weighted by Crippen LogP contribution is -2.13. The summed E-state index contributed by atoms with van der Waals surface area (Å²) in [4.78, 5) is 33.9. The van der Waals surface area contributed by atoms with E-state index < -0.39 is 33.8 Å². The number of ether oxygens (including phenoxy) is 1. The van der Waals surface area contributed by atoms with Crippen LogP contribution < -0.4 is 5.32 Å². The summed E-state index contributed by atoms with van der Waals surface area (Å²) in [6.07, 6.45) is 0. The molecule has 0 aliphatic rings. The minimum Gasteiger partial charge on any atom is -0.505 e. The average Bonchev–Trinajstić information content (AvgIpc) is 2.56. The molecule has 2 aromatic carbocycles. The monoisotopic (exact) mass is 316 g/mol. The van der Waals surface area contributed by atoms with Gasteiger partial charge in [0.25, 0.3) is 11.6 Å². The van der Waals surface area contributed by atoms with Crippen LogP contribution in [0.3, 0.4) is 0 Å². The summed E-state index contributed by atoms with van der Waals surface area (Å²) in [5.74, 6) is -2.15. The molecule has 0 saturated carbocycles. The Morgan fingerprint density at radius 2 is 1.87 bits per heavy atom. The van der Waals surface area contributed by atoms with Gasteiger partial charge >= 0.3 is 5.97 Å². The van der Waals surface area contributed by atoms with Crippen LogP contribution in [0.2, 0.25) is 0 Å². The molecule has 0 spiro atoms. The molecule has 2 rings (SSSR count). The van der Waals surface area contributed by atoms with Crippen molar-refractivity contribution < 1.29 is 24.4 Å². The highest BCUT2D eigenvalue weighted by molar-refractivity contribution is 6.06. The highest BCUT2D eigenvalue weighted by Crippen LogP contribution is 2.33. The van der Waals surface area contributed by atoms with Crippen LogP contribution in [0.4, 0.5) is 11.4 Å². The molecule has 1 amide bonds. The third kappa shape index (κ3) is 3.43. The van der Waals surface area contributed by atoms with E-state index in [9.17, 15) is 24.8 Å². The number of benzene rings is 2. The van der Waals surface area contributed by atoms with Gasteiger partial charge < -0.3 is 15.2 Å². The molecule has 0 fully saturated rings. The van der Waals surface area contributed by atoms with Gasteiger partial charge in [0.2, 0.25) is 0 Å². The van der Waals surface area contributed by atoms with Crippen LogP contribution in [0.5, 0.6) is 5.75 Å². The Hall–Kier alpha value is -3.42. The van der Waals surface area contributed by atoms with Crippen molar-refractivity contribution in [3.63, 3.8) is 0 Å². The third-order valence-electron chi connectivity index (χ3n) is 2.99. The van der Waals surface area contributed by atoms with E-state index in [0.717, 1.165) is 19.2 Å². The molecule has 0 heterocycles. The van der Waals surface area contributed by atoms with Crippen molar-refractivity contribution in [2.24, 2.45) is 0 Å². The Balaban J connectivity index is 2.45. The molecular weight excluding hydrogens is 304 g/mol. The minimum atomic E-state index is -0.957. The van der Waals surface area contributed by atoms with Gasteiger partial charge in [-0.05, 0) is 12.1 Å². The van der Waals surface area contributed by atoms with Crippen LogP contribution in [0.15, 0.2) is 42.5 Å². The smallest absolute Gasteiger partial charge is 0.341 e. The Morgan fingerprint density at radius 3 is 2.43 bits per heavy atom. The summed E-state index contributed by atoms with van der Waals surface area (Å²) in [5.41, 5.74) is -0.844. The Bertz CT molecular complexity index is 773. The fourth-order valence-electron chi connectivity index (χ4n) is 1.87. The van der Waals surface area contributed by atoms with E-state index >= 15 is 0 Å². The van der Waals surface area contributed by atoms with Crippen LogP contribution in [-0.2, 0) is 4.74 Å². The molecule has 0 bridgehead atoms. The number of phenols is 1. The first-order valence-corrected chi connectivity index (χ1v) is 6.40. The van der Waals surface area contributed by atoms with Crippen molar-refractivity contribution in [3.05, 3.63) is 63.7 Å². The molecule has 0 radical (unpaired) electrons. The number of phenolic OH excluding ortho intramolecular Hbond substituents is 1. The van der Waals surface area contributed by atoms with Crippen molar-refractivity contribution in [2.75, 3.05) is 12.4 Å². The van der Waals surface area contributed by atoms with Gasteiger partial charge in [0.05, 0.1) is 17.7 Å². The fraction of sp³-hybridized carbons (Fsp3) is 0.0667. The molecule has 0 aromatic heterocycles. The predicted molar refractivity (Wildman–Crippen MR) is 80.5 cm³/mol. The Morgan fingerprint density at radius 1 is 1.22 bits per heavy atom. The van der Waals surface area contributed by atoms with Gasteiger partial charge in [-0.2, -0.15) is 0 Å². The van der Waals surface area contributed by atoms with E-state index in [1.54, 1.807) is 18.2 Å². The summed E-state index contributed by atoms with van der Waals surface area (Å²) in [6, 6.07) is 9.90. The normalized spacial score (nSPS) is 9.96. The Labute approximate surface area is 130 Å². The van der Waals surface area contributed by atoms with Gasteiger partial charge in [-0.25, -0.2) is 4.79 Å². The molecule has 0 aliphatic carbocycles. The number of carbonyl (C=O) groups excluding carboxylic acids is 2. The van der Waals surface area contributed by atoms with Crippen LogP contribution in [0.1, 0.15) is 20.7 Å². The topological polar surface area (TPSA) is 119 Å². The number of esters is 1. The van der Waals surface area contributed by atoms with Crippen LogP contribution in [-0.4, -0.2) is 29.0 Å². The molecule has 8 heteroatoms. The van der Waals surface area contributed by atoms with Crippen LogP contribution in [0, 0.1) is 10.1 Å². The lowest BCUT2D eigenvalue weighted by molar-refractivity contribution is -0.384. The second-order valence-electron chi connectivity index (χ2n) is 4.46. The lowest BCUT2D eigenvalue weighted by atomic mass is 10.1. The number of hydrogen-bond donors (Lipinski definition) is 2. The molecular formula is C15H12N2O6. The largest absolute Gasteiger partial charge is 0.505 e. The number of nitrogens with one attached hydrogen (secondary N) is 1. The van der Waals surface area contributed by atoms with E-state index in [-0.39, 0.29) is 11.3 Å². The molecule has 23 heavy (non-hydrogen) atoms. The van der Waals surface area contributed by atoms with E-state index in [4.69, 9.17) is 0 Å². The van der Waals surface area contributed by atoms with Crippen molar-refractivity contribution >= 4 is 23.3 Å². The number of carbonyl (C=O) groups is 2. The molecule has 118 valence electrons. The zero-order valence-corrected chi connectivity index (χ0v) is 12.0. The van der Waals surface area contributed by atoms with Crippen molar-refractivity contribution in [1.29, 1.82) is 0 Å². The highest BCUT2D eigenvalue weighted by atomic mass is 16.6. The van der Waals surface area contributed by atoms with Gasteiger partial charge in [-0.1, -0.05) is 18.2 Å². The second kappa shape index (κ2) is 6.56. The number of nitrogens with zero attached hydrogens (tertiary/aromatic N) is 1. The number of methoxy groups -OCH3 is 1. The van der Waals surface area contributed by atoms with E-state index in [2.05, 4.69) is 10.1 Å². The summed E-state index contributed by atoms with van der Waals surface area (Å²) in [7, 11) is 1.07. The van der Waals surface area contributed by atoms with E-state index in [1.165, 1.54) is 12.1 Å². The van der Waals surface area contributed by atoms with Crippen molar-refractivity contribution in [2.45, 2.75) is 0 Å². The maximum Gasteiger partial charge on any atom is 0.341 e. The number of anilines is 1. The molecule has 8 nitrogen and oxygen atoms in total. The molecule has 0 saturated heterocycles. The number of nitro benzene ring substituents is 1.